The number of halogens is 1. The lowest BCUT2D eigenvalue weighted by atomic mass is 10.1. The molecule has 0 unspecified atom stereocenters. The van der Waals surface area contributed by atoms with Gasteiger partial charge in [-0.25, -0.2) is 9.97 Å². The Morgan fingerprint density at radius 2 is 2.12 bits per heavy atom. The van der Waals surface area contributed by atoms with Crippen LogP contribution in [0.5, 0.6) is 0 Å². The monoisotopic (exact) mass is 289 g/mol. The van der Waals surface area contributed by atoms with Crippen molar-refractivity contribution in [3.8, 4) is 11.1 Å². The molecule has 17 heavy (non-hydrogen) atoms. The first-order valence-electron chi connectivity index (χ1n) is 5.62. The number of hydrogen-bond donors (Lipinski definition) is 1. The lowest BCUT2D eigenvalue weighted by Gasteiger charge is -2.06. The van der Waals surface area contributed by atoms with Gasteiger partial charge in [0.15, 0.2) is 0 Å². The molecule has 0 atom stereocenters. The zero-order chi connectivity index (χ0) is 11.8. The third-order valence-electron chi connectivity index (χ3n) is 2.91. The van der Waals surface area contributed by atoms with Crippen LogP contribution in [0, 0.1) is 0 Å². The topological polar surface area (TPSA) is 51.8 Å². The Labute approximate surface area is 108 Å². The Morgan fingerprint density at radius 1 is 1.29 bits per heavy atom. The van der Waals surface area contributed by atoms with Crippen molar-refractivity contribution < 1.29 is 0 Å². The minimum atomic E-state index is 0.536. The number of rotatable bonds is 2. The number of aromatic nitrogens is 2. The fourth-order valence-electron chi connectivity index (χ4n) is 1.83. The van der Waals surface area contributed by atoms with Crippen LogP contribution in [0.3, 0.4) is 0 Å². The molecule has 2 aromatic rings. The highest BCUT2D eigenvalue weighted by Gasteiger charge is 2.26. The van der Waals surface area contributed by atoms with Crippen molar-refractivity contribution in [3.05, 3.63) is 40.8 Å². The van der Waals surface area contributed by atoms with Gasteiger partial charge in [-0.3, -0.25) is 0 Å². The highest BCUT2D eigenvalue weighted by atomic mass is 79.9. The van der Waals surface area contributed by atoms with E-state index < -0.39 is 0 Å². The van der Waals surface area contributed by atoms with Crippen molar-refractivity contribution in [1.29, 1.82) is 0 Å². The Kier molecular flexibility index (Phi) is 2.59. The normalized spacial score (nSPS) is 14.9. The maximum absolute atomic E-state index is 6.00. The van der Waals surface area contributed by atoms with E-state index in [0.717, 1.165) is 21.4 Å². The minimum Gasteiger partial charge on any atom is -0.383 e. The highest BCUT2D eigenvalue weighted by molar-refractivity contribution is 9.10. The van der Waals surface area contributed by atoms with Gasteiger partial charge >= 0.3 is 0 Å². The summed E-state index contributed by atoms with van der Waals surface area (Å²) in [6.07, 6.45) is 4.21. The summed E-state index contributed by atoms with van der Waals surface area (Å²) in [5.41, 5.74) is 7.94. The average molecular weight is 290 g/mol. The van der Waals surface area contributed by atoms with Gasteiger partial charge in [0.25, 0.3) is 0 Å². The summed E-state index contributed by atoms with van der Waals surface area (Å²) in [6, 6.07) is 8.00. The van der Waals surface area contributed by atoms with Crippen LogP contribution in [-0.4, -0.2) is 9.97 Å². The van der Waals surface area contributed by atoms with Gasteiger partial charge in [-0.15, -0.1) is 0 Å². The summed E-state index contributed by atoms with van der Waals surface area (Å²) in [7, 11) is 0. The predicted molar refractivity (Wildman–Crippen MR) is 71.6 cm³/mol. The highest BCUT2D eigenvalue weighted by Crippen LogP contribution is 2.39. The molecular weight excluding hydrogens is 278 g/mol. The zero-order valence-corrected chi connectivity index (χ0v) is 10.8. The van der Waals surface area contributed by atoms with E-state index in [1.54, 1.807) is 0 Å². The molecule has 86 valence electrons. The molecule has 1 fully saturated rings. The van der Waals surface area contributed by atoms with Crippen LogP contribution in [0.25, 0.3) is 11.1 Å². The van der Waals surface area contributed by atoms with E-state index in [1.807, 2.05) is 30.5 Å². The first-order valence-corrected chi connectivity index (χ1v) is 6.41. The van der Waals surface area contributed by atoms with Crippen molar-refractivity contribution >= 4 is 21.7 Å². The van der Waals surface area contributed by atoms with E-state index >= 15 is 0 Å². The van der Waals surface area contributed by atoms with Gasteiger partial charge in [-0.05, 0) is 30.5 Å². The molecule has 0 saturated heterocycles. The summed E-state index contributed by atoms with van der Waals surface area (Å²) >= 11 is 3.45. The van der Waals surface area contributed by atoms with Gasteiger partial charge in [0.05, 0.1) is 0 Å². The van der Waals surface area contributed by atoms with Crippen molar-refractivity contribution in [2.75, 3.05) is 5.73 Å². The van der Waals surface area contributed by atoms with E-state index in [2.05, 4.69) is 25.9 Å². The Bertz CT molecular complexity index is 564. The van der Waals surface area contributed by atoms with Gasteiger partial charge in [0, 0.05) is 22.2 Å². The Morgan fingerprint density at radius 3 is 2.76 bits per heavy atom. The van der Waals surface area contributed by atoms with Gasteiger partial charge in [0.1, 0.15) is 11.6 Å². The molecule has 0 bridgehead atoms. The number of nitrogen functional groups attached to an aromatic ring is 1. The molecule has 1 heterocycles. The minimum absolute atomic E-state index is 0.536. The second kappa shape index (κ2) is 4.11. The number of anilines is 1. The first kappa shape index (κ1) is 10.7. The Hall–Kier alpha value is -1.42. The molecule has 0 radical (unpaired) electrons. The van der Waals surface area contributed by atoms with Crippen LogP contribution in [0.1, 0.15) is 24.6 Å². The number of nitrogens with two attached hydrogens (primary N) is 1. The van der Waals surface area contributed by atoms with Crippen LogP contribution >= 0.6 is 15.9 Å². The summed E-state index contributed by atoms with van der Waals surface area (Å²) in [5, 5.41) is 0. The van der Waals surface area contributed by atoms with E-state index in [4.69, 9.17) is 5.73 Å². The van der Waals surface area contributed by atoms with E-state index in [-0.39, 0.29) is 0 Å². The number of hydrogen-bond acceptors (Lipinski definition) is 3. The van der Waals surface area contributed by atoms with Crippen LogP contribution in [0.2, 0.25) is 0 Å². The number of nitrogens with zero attached hydrogens (tertiary/aromatic N) is 2. The molecule has 3 rings (SSSR count). The van der Waals surface area contributed by atoms with Crippen LogP contribution in [0.15, 0.2) is 34.9 Å². The molecule has 0 aliphatic heterocycles. The van der Waals surface area contributed by atoms with Crippen molar-refractivity contribution in [1.82, 2.24) is 9.97 Å². The quantitative estimate of drug-likeness (QED) is 0.922. The zero-order valence-electron chi connectivity index (χ0n) is 9.23. The Balaban J connectivity index is 2.02. The summed E-state index contributed by atoms with van der Waals surface area (Å²) < 4.78 is 1.03. The van der Waals surface area contributed by atoms with Gasteiger partial charge in [-0.1, -0.05) is 28.1 Å². The standard InChI is InChI=1S/C13H12BrN3/c14-10-3-1-2-9(6-10)11-7-16-13(8-4-5-8)17-12(11)15/h1-3,6-8H,4-5H2,(H2,15,16,17). The fourth-order valence-corrected chi connectivity index (χ4v) is 2.23. The van der Waals surface area contributed by atoms with E-state index in [0.29, 0.717) is 11.7 Å². The molecule has 0 spiro atoms. The lowest BCUT2D eigenvalue weighted by molar-refractivity contribution is 0.934. The molecule has 1 aromatic carbocycles. The van der Waals surface area contributed by atoms with Crippen molar-refractivity contribution in [2.45, 2.75) is 18.8 Å². The predicted octanol–water partition coefficient (Wildman–Crippen LogP) is 3.37. The van der Waals surface area contributed by atoms with Gasteiger partial charge in [0.2, 0.25) is 0 Å². The van der Waals surface area contributed by atoms with E-state index in [9.17, 15) is 0 Å². The van der Waals surface area contributed by atoms with E-state index in [1.165, 1.54) is 12.8 Å². The molecular formula is C13H12BrN3. The first-order chi connectivity index (χ1) is 8.24. The lowest BCUT2D eigenvalue weighted by Crippen LogP contribution is -2.00. The third kappa shape index (κ3) is 2.17. The van der Waals surface area contributed by atoms with Crippen molar-refractivity contribution in [3.63, 3.8) is 0 Å². The number of benzene rings is 1. The molecule has 1 saturated carbocycles. The van der Waals surface area contributed by atoms with Crippen LogP contribution in [-0.2, 0) is 0 Å². The van der Waals surface area contributed by atoms with Crippen LogP contribution < -0.4 is 5.73 Å². The molecule has 1 aliphatic rings. The molecule has 1 aliphatic carbocycles. The summed E-state index contributed by atoms with van der Waals surface area (Å²) in [5.74, 6) is 2.00. The SMILES string of the molecule is Nc1nc(C2CC2)ncc1-c1cccc(Br)c1. The van der Waals surface area contributed by atoms with Crippen molar-refractivity contribution in [2.24, 2.45) is 0 Å². The smallest absolute Gasteiger partial charge is 0.135 e. The second-order valence-electron chi connectivity index (χ2n) is 4.31. The largest absolute Gasteiger partial charge is 0.383 e. The fraction of sp³-hybridized carbons (Fsp3) is 0.231. The molecule has 3 nitrogen and oxygen atoms in total. The maximum Gasteiger partial charge on any atom is 0.135 e. The molecule has 0 amide bonds. The van der Waals surface area contributed by atoms with Gasteiger partial charge in [-0.2, -0.15) is 0 Å². The maximum atomic E-state index is 6.00. The third-order valence-corrected chi connectivity index (χ3v) is 3.41. The van der Waals surface area contributed by atoms with Gasteiger partial charge < -0.3 is 5.73 Å². The second-order valence-corrected chi connectivity index (χ2v) is 5.23. The molecule has 4 heteroatoms. The summed E-state index contributed by atoms with van der Waals surface area (Å²) in [4.78, 5) is 8.79. The summed E-state index contributed by atoms with van der Waals surface area (Å²) in [6.45, 7) is 0. The van der Waals surface area contributed by atoms with Crippen LogP contribution in [0.4, 0.5) is 5.82 Å². The molecule has 2 N–H and O–H groups in total. The molecule has 1 aromatic heterocycles. The average Bonchev–Trinajstić information content (AvgIpc) is 3.12.